The molecule has 0 bridgehead atoms. The lowest BCUT2D eigenvalue weighted by molar-refractivity contribution is 0.0890. The van der Waals surface area contributed by atoms with E-state index in [0.29, 0.717) is 6.54 Å². The van der Waals surface area contributed by atoms with Crippen molar-refractivity contribution in [3.63, 3.8) is 0 Å². The van der Waals surface area contributed by atoms with Gasteiger partial charge in [0.15, 0.2) is 0 Å². The Labute approximate surface area is 159 Å². The Kier molecular flexibility index (Phi) is 5.38. The lowest BCUT2D eigenvalue weighted by atomic mass is 10.1. The van der Waals surface area contributed by atoms with Gasteiger partial charge in [-0.05, 0) is 61.0 Å². The molecule has 0 unspecified atom stereocenters. The summed E-state index contributed by atoms with van der Waals surface area (Å²) < 4.78 is 0. The molecule has 1 aromatic heterocycles. The Morgan fingerprint density at radius 2 is 1.96 bits per heavy atom. The minimum absolute atomic E-state index is 0.0513. The van der Waals surface area contributed by atoms with Crippen LogP contribution in [0.15, 0.2) is 35.7 Å². The molecule has 26 heavy (non-hydrogen) atoms. The van der Waals surface area contributed by atoms with Gasteiger partial charge in [0.1, 0.15) is 0 Å². The number of rotatable bonds is 5. The number of hydrogen-bond donors (Lipinski definition) is 1. The number of likely N-dealkylation sites (N-methyl/N-ethyl adjacent to an activating group) is 1. The van der Waals surface area contributed by atoms with Gasteiger partial charge in [0, 0.05) is 43.2 Å². The number of fused-ring (bicyclic) bond motifs is 1. The monoisotopic (exact) mass is 369 g/mol. The fourth-order valence-electron chi connectivity index (χ4n) is 4.03. The van der Waals surface area contributed by atoms with Crippen molar-refractivity contribution in [2.45, 2.75) is 25.3 Å². The van der Waals surface area contributed by atoms with Gasteiger partial charge in [-0.15, -0.1) is 11.3 Å². The molecule has 138 valence electrons. The number of benzene rings is 1. The number of nitrogens with zero attached hydrogens (tertiary/aromatic N) is 2. The van der Waals surface area contributed by atoms with E-state index in [2.05, 4.69) is 51.8 Å². The van der Waals surface area contributed by atoms with Crippen LogP contribution in [0, 0.1) is 0 Å². The lowest BCUT2D eigenvalue weighted by Crippen LogP contribution is -2.48. The van der Waals surface area contributed by atoms with Gasteiger partial charge in [0.2, 0.25) is 0 Å². The molecule has 1 aliphatic carbocycles. The summed E-state index contributed by atoms with van der Waals surface area (Å²) in [6, 6.07) is 10.8. The summed E-state index contributed by atoms with van der Waals surface area (Å²) in [6.07, 6.45) is 3.47. The number of carbonyl (C=O) groups is 1. The minimum Gasteiger partial charge on any atom is -0.350 e. The molecule has 4 rings (SSSR count). The molecule has 1 N–H and O–H groups in total. The molecule has 2 aromatic rings. The summed E-state index contributed by atoms with van der Waals surface area (Å²) in [5, 5.41) is 5.33. The molecule has 2 aliphatic rings. The SMILES string of the molecule is CN1CCN([C@H](CNC(=O)c2ccc3c(c2)CCC3)c2cccs2)CC1. The minimum atomic E-state index is 0.0513. The van der Waals surface area contributed by atoms with E-state index in [0.717, 1.165) is 44.6 Å². The summed E-state index contributed by atoms with van der Waals surface area (Å²) >= 11 is 1.78. The van der Waals surface area contributed by atoms with Crippen LogP contribution >= 0.6 is 11.3 Å². The van der Waals surface area contributed by atoms with Crippen molar-refractivity contribution >= 4 is 17.2 Å². The molecule has 0 saturated carbocycles. The molecule has 1 amide bonds. The van der Waals surface area contributed by atoms with Crippen LogP contribution in [0.25, 0.3) is 0 Å². The average Bonchev–Trinajstić information content (AvgIpc) is 3.34. The maximum atomic E-state index is 12.7. The Bertz CT molecular complexity index is 751. The Morgan fingerprint density at radius 3 is 2.73 bits per heavy atom. The third-order valence-corrected chi connectivity index (χ3v) is 6.64. The van der Waals surface area contributed by atoms with Gasteiger partial charge in [-0.1, -0.05) is 12.1 Å². The Morgan fingerprint density at radius 1 is 1.15 bits per heavy atom. The topological polar surface area (TPSA) is 35.6 Å². The average molecular weight is 370 g/mol. The smallest absolute Gasteiger partial charge is 0.251 e. The highest BCUT2D eigenvalue weighted by atomic mass is 32.1. The van der Waals surface area contributed by atoms with Crippen LogP contribution in [0.1, 0.15) is 38.8 Å². The van der Waals surface area contributed by atoms with Crippen LogP contribution in [-0.2, 0) is 12.8 Å². The zero-order chi connectivity index (χ0) is 17.9. The molecule has 1 saturated heterocycles. The normalized spacial score (nSPS) is 19.3. The van der Waals surface area contributed by atoms with Gasteiger partial charge >= 0.3 is 0 Å². The lowest BCUT2D eigenvalue weighted by Gasteiger charge is -2.37. The molecule has 5 heteroatoms. The maximum Gasteiger partial charge on any atom is 0.251 e. The fraction of sp³-hybridized carbons (Fsp3) is 0.476. The van der Waals surface area contributed by atoms with Crippen molar-refractivity contribution in [1.29, 1.82) is 0 Å². The van der Waals surface area contributed by atoms with Gasteiger partial charge in [0.05, 0.1) is 6.04 Å². The van der Waals surface area contributed by atoms with E-state index in [1.807, 2.05) is 6.07 Å². The number of amides is 1. The van der Waals surface area contributed by atoms with Crippen molar-refractivity contribution in [2.75, 3.05) is 39.8 Å². The number of carbonyl (C=O) groups excluding carboxylic acids is 1. The van der Waals surface area contributed by atoms with Gasteiger partial charge in [-0.2, -0.15) is 0 Å². The van der Waals surface area contributed by atoms with Crippen molar-refractivity contribution in [3.05, 3.63) is 57.3 Å². The fourth-order valence-corrected chi connectivity index (χ4v) is 4.89. The largest absolute Gasteiger partial charge is 0.350 e. The van der Waals surface area contributed by atoms with E-state index in [-0.39, 0.29) is 11.9 Å². The van der Waals surface area contributed by atoms with E-state index in [1.54, 1.807) is 11.3 Å². The molecule has 0 spiro atoms. The highest BCUT2D eigenvalue weighted by Gasteiger charge is 2.25. The third kappa shape index (κ3) is 3.85. The predicted octanol–water partition coefficient (Wildman–Crippen LogP) is 2.96. The third-order valence-electron chi connectivity index (χ3n) is 5.67. The van der Waals surface area contributed by atoms with Crippen LogP contribution in [0.5, 0.6) is 0 Å². The zero-order valence-electron chi connectivity index (χ0n) is 15.4. The van der Waals surface area contributed by atoms with E-state index < -0.39 is 0 Å². The number of nitrogens with one attached hydrogen (secondary N) is 1. The first-order valence-electron chi connectivity index (χ1n) is 9.57. The first-order chi connectivity index (χ1) is 12.7. The van der Waals surface area contributed by atoms with Gasteiger partial charge in [-0.3, -0.25) is 9.69 Å². The summed E-state index contributed by atoms with van der Waals surface area (Å²) in [4.78, 5) is 18.9. The first kappa shape index (κ1) is 17.7. The summed E-state index contributed by atoms with van der Waals surface area (Å²) in [5.74, 6) is 0.0513. The van der Waals surface area contributed by atoms with Gasteiger partial charge in [0.25, 0.3) is 5.91 Å². The maximum absolute atomic E-state index is 12.7. The van der Waals surface area contributed by atoms with E-state index in [9.17, 15) is 4.79 Å². The zero-order valence-corrected chi connectivity index (χ0v) is 16.2. The number of piperazine rings is 1. The number of hydrogen-bond acceptors (Lipinski definition) is 4. The summed E-state index contributed by atoms with van der Waals surface area (Å²) in [7, 11) is 2.17. The van der Waals surface area contributed by atoms with Crippen LogP contribution in [0.2, 0.25) is 0 Å². The highest BCUT2D eigenvalue weighted by molar-refractivity contribution is 7.10. The van der Waals surface area contributed by atoms with Crippen LogP contribution < -0.4 is 5.32 Å². The standard InChI is InChI=1S/C21H27N3OS/c1-23-9-11-24(12-10-23)19(20-6-3-13-26-20)15-22-21(25)18-8-7-16-4-2-5-17(16)14-18/h3,6-8,13-14,19H,2,4-5,9-12,15H2,1H3,(H,22,25)/t19-/m1/s1. The van der Waals surface area contributed by atoms with Gasteiger partial charge < -0.3 is 10.2 Å². The molecule has 1 atom stereocenters. The van der Waals surface area contributed by atoms with E-state index in [4.69, 9.17) is 0 Å². The molecule has 2 heterocycles. The predicted molar refractivity (Wildman–Crippen MR) is 107 cm³/mol. The molecular weight excluding hydrogens is 342 g/mol. The van der Waals surface area contributed by atoms with Gasteiger partial charge in [-0.25, -0.2) is 0 Å². The van der Waals surface area contributed by atoms with Crippen molar-refractivity contribution in [2.24, 2.45) is 0 Å². The second-order valence-corrected chi connectivity index (χ2v) is 8.40. The second kappa shape index (κ2) is 7.91. The molecular formula is C21H27N3OS. The summed E-state index contributed by atoms with van der Waals surface area (Å²) in [5.41, 5.74) is 3.57. The second-order valence-electron chi connectivity index (χ2n) is 7.42. The molecule has 1 fully saturated rings. The van der Waals surface area contributed by atoms with Crippen LogP contribution in [-0.4, -0.2) is 55.5 Å². The molecule has 1 aliphatic heterocycles. The van der Waals surface area contributed by atoms with E-state index in [1.165, 1.54) is 22.4 Å². The Balaban J connectivity index is 1.43. The van der Waals surface area contributed by atoms with Crippen molar-refractivity contribution in [3.8, 4) is 0 Å². The van der Waals surface area contributed by atoms with Crippen molar-refractivity contribution in [1.82, 2.24) is 15.1 Å². The first-order valence-corrected chi connectivity index (χ1v) is 10.4. The molecule has 4 nitrogen and oxygen atoms in total. The molecule has 0 radical (unpaired) electrons. The number of aryl methyl sites for hydroxylation is 2. The molecule has 1 aromatic carbocycles. The number of thiophene rings is 1. The quantitative estimate of drug-likeness (QED) is 0.880. The summed E-state index contributed by atoms with van der Waals surface area (Å²) in [6.45, 7) is 4.93. The van der Waals surface area contributed by atoms with E-state index >= 15 is 0 Å². The van der Waals surface area contributed by atoms with Crippen LogP contribution in [0.3, 0.4) is 0 Å². The highest BCUT2D eigenvalue weighted by Crippen LogP contribution is 2.26. The van der Waals surface area contributed by atoms with Crippen LogP contribution in [0.4, 0.5) is 0 Å². The van der Waals surface area contributed by atoms with Crippen molar-refractivity contribution < 1.29 is 4.79 Å². The Hall–Kier alpha value is -1.69.